The summed E-state index contributed by atoms with van der Waals surface area (Å²) in [5.74, 6) is -0.0999. The SMILES string of the molecule is CCCOCC(=O)N1CCN(Cc2cc(C)cc(C)c2)C(=O)C1. The standard InChI is InChI=1S/C18H26N2O3/c1-4-7-23-13-18(22)20-6-5-19(17(21)12-20)11-16-9-14(2)8-15(3)10-16/h8-10H,4-7,11-13H2,1-3H3. The van der Waals surface area contributed by atoms with E-state index < -0.39 is 0 Å². The maximum Gasteiger partial charge on any atom is 0.249 e. The Morgan fingerprint density at radius 1 is 1.17 bits per heavy atom. The molecule has 1 aliphatic heterocycles. The zero-order valence-electron chi connectivity index (χ0n) is 14.3. The van der Waals surface area contributed by atoms with Gasteiger partial charge < -0.3 is 14.5 Å². The van der Waals surface area contributed by atoms with Crippen molar-refractivity contribution >= 4 is 11.8 Å². The van der Waals surface area contributed by atoms with Gasteiger partial charge >= 0.3 is 0 Å². The lowest BCUT2D eigenvalue weighted by atomic mass is 10.1. The van der Waals surface area contributed by atoms with Gasteiger partial charge in [0.1, 0.15) is 6.61 Å². The van der Waals surface area contributed by atoms with Crippen molar-refractivity contribution in [3.8, 4) is 0 Å². The molecule has 0 unspecified atom stereocenters. The Kier molecular flexibility index (Phi) is 6.16. The van der Waals surface area contributed by atoms with Crippen molar-refractivity contribution in [2.75, 3.05) is 32.8 Å². The van der Waals surface area contributed by atoms with Gasteiger partial charge in [-0.1, -0.05) is 36.2 Å². The number of aryl methyl sites for hydroxylation is 2. The number of nitrogens with zero attached hydrogens (tertiary/aromatic N) is 2. The number of rotatable bonds is 6. The van der Waals surface area contributed by atoms with E-state index in [1.54, 1.807) is 4.90 Å². The van der Waals surface area contributed by atoms with Gasteiger partial charge in [0, 0.05) is 26.2 Å². The molecule has 0 bridgehead atoms. The number of ether oxygens (including phenoxy) is 1. The maximum absolute atomic E-state index is 12.3. The van der Waals surface area contributed by atoms with E-state index >= 15 is 0 Å². The summed E-state index contributed by atoms with van der Waals surface area (Å²) >= 11 is 0. The van der Waals surface area contributed by atoms with Gasteiger partial charge in [0.15, 0.2) is 0 Å². The van der Waals surface area contributed by atoms with E-state index in [0.717, 1.165) is 12.0 Å². The fraction of sp³-hybridized carbons (Fsp3) is 0.556. The highest BCUT2D eigenvalue weighted by atomic mass is 16.5. The third-order valence-electron chi connectivity index (χ3n) is 3.90. The highest BCUT2D eigenvalue weighted by Gasteiger charge is 2.27. The second-order valence-corrected chi connectivity index (χ2v) is 6.18. The van der Waals surface area contributed by atoms with Crippen LogP contribution in [0.5, 0.6) is 0 Å². The quantitative estimate of drug-likeness (QED) is 0.753. The molecular formula is C18H26N2O3. The van der Waals surface area contributed by atoms with Crippen LogP contribution in [0.15, 0.2) is 18.2 Å². The topological polar surface area (TPSA) is 49.9 Å². The van der Waals surface area contributed by atoms with Crippen LogP contribution in [0.3, 0.4) is 0 Å². The van der Waals surface area contributed by atoms with Crippen LogP contribution in [0.1, 0.15) is 30.0 Å². The lowest BCUT2D eigenvalue weighted by molar-refractivity contribution is -0.148. The Morgan fingerprint density at radius 3 is 2.48 bits per heavy atom. The summed E-state index contributed by atoms with van der Waals surface area (Å²) in [5, 5.41) is 0. The van der Waals surface area contributed by atoms with Gasteiger partial charge in [0.05, 0.1) is 6.54 Å². The van der Waals surface area contributed by atoms with Gasteiger partial charge in [0.25, 0.3) is 0 Å². The first-order chi connectivity index (χ1) is 11.0. The Balaban J connectivity index is 1.88. The first kappa shape index (κ1) is 17.5. The number of benzene rings is 1. The maximum atomic E-state index is 12.3. The molecule has 0 aliphatic carbocycles. The van der Waals surface area contributed by atoms with Crippen LogP contribution in [0, 0.1) is 13.8 Å². The molecule has 1 heterocycles. The molecule has 5 nitrogen and oxygen atoms in total. The molecule has 0 atom stereocenters. The predicted molar refractivity (Wildman–Crippen MR) is 89.0 cm³/mol. The van der Waals surface area contributed by atoms with Gasteiger partial charge in [-0.05, 0) is 25.8 Å². The molecular weight excluding hydrogens is 292 g/mol. The number of piperazine rings is 1. The van der Waals surface area contributed by atoms with Crippen LogP contribution in [0.25, 0.3) is 0 Å². The number of hydrogen-bond donors (Lipinski definition) is 0. The summed E-state index contributed by atoms with van der Waals surface area (Å²) in [6, 6.07) is 6.34. The molecule has 1 saturated heterocycles. The van der Waals surface area contributed by atoms with Crippen LogP contribution in [-0.4, -0.2) is 54.5 Å². The molecule has 1 aromatic carbocycles. The van der Waals surface area contributed by atoms with Gasteiger partial charge in [-0.3, -0.25) is 9.59 Å². The van der Waals surface area contributed by atoms with E-state index in [1.165, 1.54) is 11.1 Å². The highest BCUT2D eigenvalue weighted by molar-refractivity contribution is 5.86. The fourth-order valence-electron chi connectivity index (χ4n) is 2.86. The average Bonchev–Trinajstić information content (AvgIpc) is 2.48. The second-order valence-electron chi connectivity index (χ2n) is 6.18. The minimum atomic E-state index is -0.0992. The van der Waals surface area contributed by atoms with E-state index in [-0.39, 0.29) is 25.0 Å². The van der Waals surface area contributed by atoms with Crippen molar-refractivity contribution in [3.05, 3.63) is 34.9 Å². The van der Waals surface area contributed by atoms with Crippen LogP contribution >= 0.6 is 0 Å². The molecule has 0 N–H and O–H groups in total. The first-order valence-electron chi connectivity index (χ1n) is 8.20. The van der Waals surface area contributed by atoms with Crippen molar-refractivity contribution in [3.63, 3.8) is 0 Å². The molecule has 0 spiro atoms. The summed E-state index contributed by atoms with van der Waals surface area (Å²) < 4.78 is 5.27. The summed E-state index contributed by atoms with van der Waals surface area (Å²) in [6.45, 7) is 8.67. The van der Waals surface area contributed by atoms with Crippen molar-refractivity contribution in [2.24, 2.45) is 0 Å². The zero-order valence-corrected chi connectivity index (χ0v) is 14.3. The minimum Gasteiger partial charge on any atom is -0.372 e. The first-order valence-corrected chi connectivity index (χ1v) is 8.20. The van der Waals surface area contributed by atoms with E-state index in [9.17, 15) is 9.59 Å². The molecule has 1 aliphatic rings. The van der Waals surface area contributed by atoms with Crippen molar-refractivity contribution in [1.82, 2.24) is 9.80 Å². The monoisotopic (exact) mass is 318 g/mol. The van der Waals surface area contributed by atoms with Crippen molar-refractivity contribution < 1.29 is 14.3 Å². The van der Waals surface area contributed by atoms with E-state index in [2.05, 4.69) is 32.0 Å². The lowest BCUT2D eigenvalue weighted by Crippen LogP contribution is -2.52. The normalized spacial score (nSPS) is 15.2. The highest BCUT2D eigenvalue weighted by Crippen LogP contribution is 2.14. The molecule has 0 aromatic heterocycles. The largest absolute Gasteiger partial charge is 0.372 e. The lowest BCUT2D eigenvalue weighted by Gasteiger charge is -2.34. The van der Waals surface area contributed by atoms with Crippen molar-refractivity contribution in [2.45, 2.75) is 33.7 Å². The zero-order chi connectivity index (χ0) is 16.8. The fourth-order valence-corrected chi connectivity index (χ4v) is 2.86. The van der Waals surface area contributed by atoms with Gasteiger partial charge in [0.2, 0.25) is 11.8 Å². The summed E-state index contributed by atoms with van der Waals surface area (Å²) in [7, 11) is 0. The molecule has 1 fully saturated rings. The smallest absolute Gasteiger partial charge is 0.249 e. The molecule has 0 saturated carbocycles. The van der Waals surface area contributed by atoms with Crippen LogP contribution < -0.4 is 0 Å². The Labute approximate surface area is 138 Å². The summed E-state index contributed by atoms with van der Waals surface area (Å²) in [6.07, 6.45) is 0.885. The Hall–Kier alpha value is -1.88. The Bertz CT molecular complexity index is 551. The number of carbonyl (C=O) groups is 2. The second kappa shape index (κ2) is 8.11. The number of amides is 2. The van der Waals surface area contributed by atoms with Crippen LogP contribution in [0.4, 0.5) is 0 Å². The minimum absolute atomic E-state index is 0.000694. The molecule has 2 rings (SSSR count). The predicted octanol–water partition coefficient (Wildman–Crippen LogP) is 1.90. The van der Waals surface area contributed by atoms with Crippen LogP contribution in [0.2, 0.25) is 0 Å². The summed E-state index contributed by atoms with van der Waals surface area (Å²) in [4.78, 5) is 27.7. The molecule has 126 valence electrons. The third kappa shape index (κ3) is 5.06. The Morgan fingerprint density at radius 2 is 1.87 bits per heavy atom. The van der Waals surface area contributed by atoms with E-state index in [1.807, 2.05) is 11.8 Å². The van der Waals surface area contributed by atoms with E-state index in [0.29, 0.717) is 26.2 Å². The van der Waals surface area contributed by atoms with Crippen molar-refractivity contribution in [1.29, 1.82) is 0 Å². The van der Waals surface area contributed by atoms with E-state index in [4.69, 9.17) is 4.74 Å². The number of carbonyl (C=O) groups excluding carboxylic acids is 2. The third-order valence-corrected chi connectivity index (χ3v) is 3.90. The molecule has 0 radical (unpaired) electrons. The van der Waals surface area contributed by atoms with Gasteiger partial charge in [-0.15, -0.1) is 0 Å². The van der Waals surface area contributed by atoms with Gasteiger partial charge in [-0.2, -0.15) is 0 Å². The van der Waals surface area contributed by atoms with Crippen LogP contribution in [-0.2, 0) is 20.9 Å². The molecule has 1 aromatic rings. The summed E-state index contributed by atoms with van der Waals surface area (Å²) in [5.41, 5.74) is 3.55. The number of hydrogen-bond acceptors (Lipinski definition) is 3. The van der Waals surface area contributed by atoms with Gasteiger partial charge in [-0.25, -0.2) is 0 Å². The molecule has 23 heavy (non-hydrogen) atoms. The molecule has 2 amide bonds. The molecule has 5 heteroatoms. The average molecular weight is 318 g/mol.